The molecular formula is C5H13N3O2SZn. The van der Waals surface area contributed by atoms with Gasteiger partial charge in [0.25, 0.3) is 0 Å². The monoisotopic (exact) mass is 243 g/mol. The summed E-state index contributed by atoms with van der Waals surface area (Å²) in [7, 11) is 0. The minimum absolute atomic E-state index is 0. The molecule has 0 spiro atoms. The van der Waals surface area contributed by atoms with Crippen LogP contribution in [0.2, 0.25) is 0 Å². The zero-order valence-corrected chi connectivity index (χ0v) is 10.8. The van der Waals surface area contributed by atoms with Crippen molar-refractivity contribution in [2.45, 2.75) is 12.5 Å². The van der Waals surface area contributed by atoms with Crippen molar-refractivity contribution >= 4 is 17.7 Å². The quantitative estimate of drug-likeness (QED) is 0.334. The van der Waals surface area contributed by atoms with E-state index in [0.29, 0.717) is 6.42 Å². The summed E-state index contributed by atoms with van der Waals surface area (Å²) in [5, 5.41) is 9.29. The number of carboxylic acid groups (broad SMARTS) is 1. The molecule has 12 heavy (non-hydrogen) atoms. The molecule has 0 saturated heterocycles. The van der Waals surface area contributed by atoms with Crippen molar-refractivity contribution in [3.8, 4) is 0 Å². The van der Waals surface area contributed by atoms with Gasteiger partial charge in [-0.1, -0.05) is 0 Å². The van der Waals surface area contributed by atoms with Crippen LogP contribution in [0.4, 0.5) is 0 Å². The number of aliphatic carboxylic acids is 1. The first-order chi connectivity index (χ1) is 5.09. The number of hydrogen-bond acceptors (Lipinski definition) is 5. The number of hydrogen-bond donors (Lipinski definition) is 3. The molecule has 0 fully saturated rings. The average Bonchev–Trinajstić information content (AvgIpc) is 1.87. The molecule has 0 aliphatic carbocycles. The molecule has 1 unspecified atom stereocenters. The maximum Gasteiger partial charge on any atom is 0.323 e. The number of rotatable bonds is 5. The molecule has 1 atom stereocenters. The Labute approximate surface area is 88.5 Å². The first kappa shape index (κ1) is 14.8. The van der Waals surface area contributed by atoms with Crippen LogP contribution in [-0.2, 0) is 24.3 Å². The van der Waals surface area contributed by atoms with Gasteiger partial charge in [0.15, 0.2) is 0 Å². The second-order valence-electron chi connectivity index (χ2n) is 2.08. The molecule has 5 nitrogen and oxygen atoms in total. The van der Waals surface area contributed by atoms with Crippen molar-refractivity contribution in [1.29, 1.82) is 0 Å². The van der Waals surface area contributed by atoms with Crippen LogP contribution in [0.5, 0.6) is 0 Å². The largest absolute Gasteiger partial charge is 0.480 e. The molecule has 0 saturated carbocycles. The maximum atomic E-state index is 10.4. The van der Waals surface area contributed by atoms with Gasteiger partial charge in [-0.3, -0.25) is 16.5 Å². The van der Waals surface area contributed by atoms with Crippen molar-refractivity contribution in [3.63, 3.8) is 0 Å². The van der Waals surface area contributed by atoms with Gasteiger partial charge in [-0.25, -0.2) is 0 Å². The smallest absolute Gasteiger partial charge is 0.323 e. The average molecular weight is 245 g/mol. The van der Waals surface area contributed by atoms with Crippen LogP contribution in [-0.4, -0.2) is 34.2 Å². The Balaban J connectivity index is 0. The van der Waals surface area contributed by atoms with E-state index in [0.717, 1.165) is 10.9 Å². The molecule has 0 aliphatic heterocycles. The molecule has 5 N–H and O–H groups in total. The topological polar surface area (TPSA) is 92.6 Å². The van der Waals surface area contributed by atoms with Crippen LogP contribution < -0.4 is 11.7 Å². The number of nitrogens with zero attached hydrogens (tertiary/aromatic N) is 1. The predicted molar refractivity (Wildman–Crippen MR) is 44.6 cm³/mol. The molecule has 0 rings (SSSR count). The molecule has 0 aromatic heterocycles. The summed E-state index contributed by atoms with van der Waals surface area (Å²) >= 11 is 1.56. The fourth-order valence-corrected chi connectivity index (χ4v) is 1.09. The predicted octanol–water partition coefficient (Wildman–Crippen LogP) is -0.760. The van der Waals surface area contributed by atoms with Gasteiger partial charge in [-0.15, -0.1) is 0 Å². The number of nitrogens with two attached hydrogens (primary N) is 2. The molecule has 0 aromatic rings. The third-order valence-electron chi connectivity index (χ3n) is 1.24. The van der Waals surface area contributed by atoms with Gasteiger partial charge >= 0.3 is 5.97 Å². The SMILES string of the molecule is CSCCC(C(=O)O)N(N)N.[Zn]. The minimum Gasteiger partial charge on any atom is -0.480 e. The van der Waals surface area contributed by atoms with Gasteiger partial charge in [0, 0.05) is 19.5 Å². The van der Waals surface area contributed by atoms with Gasteiger partial charge in [0.05, 0.1) is 0 Å². The fourth-order valence-electron chi connectivity index (χ4n) is 0.630. The normalized spacial score (nSPS) is 12.3. The second-order valence-corrected chi connectivity index (χ2v) is 3.07. The summed E-state index contributed by atoms with van der Waals surface area (Å²) in [6.45, 7) is 0. The molecular weight excluding hydrogens is 232 g/mol. The first-order valence-electron chi connectivity index (χ1n) is 3.10. The zero-order valence-electron chi connectivity index (χ0n) is 7.06. The minimum atomic E-state index is -0.982. The Kier molecular flexibility index (Phi) is 9.82. The van der Waals surface area contributed by atoms with Crippen LogP contribution in [0, 0.1) is 0 Å². The van der Waals surface area contributed by atoms with Crippen LogP contribution >= 0.6 is 11.8 Å². The number of thioether (sulfide) groups is 1. The first-order valence-corrected chi connectivity index (χ1v) is 4.49. The number of carboxylic acids is 1. The Morgan fingerprint density at radius 1 is 1.67 bits per heavy atom. The third kappa shape index (κ3) is 5.91. The van der Waals surface area contributed by atoms with Gasteiger partial charge < -0.3 is 5.11 Å². The number of carbonyl (C=O) groups is 1. The van der Waals surface area contributed by atoms with E-state index in [1.807, 2.05) is 6.26 Å². The molecule has 0 aliphatic rings. The Hall–Kier alpha value is 0.323. The molecule has 0 amide bonds. The van der Waals surface area contributed by atoms with Gasteiger partial charge in [-0.2, -0.15) is 16.9 Å². The van der Waals surface area contributed by atoms with Crippen molar-refractivity contribution in [3.05, 3.63) is 0 Å². The summed E-state index contributed by atoms with van der Waals surface area (Å²) < 4.78 is 0. The summed E-state index contributed by atoms with van der Waals surface area (Å²) in [6.07, 6.45) is 2.36. The zero-order chi connectivity index (χ0) is 8.85. The summed E-state index contributed by atoms with van der Waals surface area (Å²) in [5.41, 5.74) is 0. The van der Waals surface area contributed by atoms with Crippen LogP contribution in [0.1, 0.15) is 6.42 Å². The summed E-state index contributed by atoms with van der Waals surface area (Å²) in [6, 6.07) is -0.776. The van der Waals surface area contributed by atoms with Gasteiger partial charge in [0.2, 0.25) is 0 Å². The van der Waals surface area contributed by atoms with E-state index in [9.17, 15) is 4.79 Å². The molecule has 7 heteroatoms. The molecule has 0 heterocycles. The Morgan fingerprint density at radius 3 is 2.42 bits per heavy atom. The third-order valence-corrected chi connectivity index (χ3v) is 1.88. The van der Waals surface area contributed by atoms with Gasteiger partial charge in [0.1, 0.15) is 6.04 Å². The Morgan fingerprint density at radius 2 is 2.17 bits per heavy atom. The molecule has 68 valence electrons. The molecule has 0 radical (unpaired) electrons. The van der Waals surface area contributed by atoms with E-state index in [1.54, 1.807) is 11.8 Å². The van der Waals surface area contributed by atoms with E-state index in [-0.39, 0.29) is 19.5 Å². The van der Waals surface area contributed by atoms with Crippen molar-refractivity contribution in [2.75, 3.05) is 12.0 Å². The van der Waals surface area contributed by atoms with E-state index >= 15 is 0 Å². The van der Waals surface area contributed by atoms with Crippen molar-refractivity contribution in [2.24, 2.45) is 11.7 Å². The summed E-state index contributed by atoms with van der Waals surface area (Å²) in [4.78, 5) is 10.4. The van der Waals surface area contributed by atoms with Crippen LogP contribution in [0.3, 0.4) is 0 Å². The van der Waals surface area contributed by atoms with Crippen molar-refractivity contribution in [1.82, 2.24) is 5.12 Å². The van der Waals surface area contributed by atoms with Gasteiger partial charge in [-0.05, 0) is 18.4 Å². The standard InChI is InChI=1S/C5H13N3O2S.Zn/c1-11-3-2-4(5(9)10)8(6)7;/h4H,2-3,6-7H2,1H3,(H,9,10);. The van der Waals surface area contributed by atoms with Crippen LogP contribution in [0.25, 0.3) is 0 Å². The Bertz CT molecular complexity index is 136. The molecule has 0 aromatic carbocycles. The molecule has 0 bridgehead atoms. The van der Waals surface area contributed by atoms with E-state index in [2.05, 4.69) is 0 Å². The van der Waals surface area contributed by atoms with Crippen molar-refractivity contribution < 1.29 is 29.4 Å². The second kappa shape index (κ2) is 7.95. The van der Waals surface area contributed by atoms with E-state index in [4.69, 9.17) is 16.8 Å². The maximum absolute atomic E-state index is 10.4. The van der Waals surface area contributed by atoms with E-state index < -0.39 is 12.0 Å². The van der Waals surface area contributed by atoms with E-state index in [1.165, 1.54) is 0 Å². The fraction of sp³-hybridized carbons (Fsp3) is 0.800. The number of hydrazine groups is 2. The van der Waals surface area contributed by atoms with Crippen LogP contribution in [0.15, 0.2) is 0 Å². The summed E-state index contributed by atoms with van der Waals surface area (Å²) in [5.74, 6) is 9.95.